The van der Waals surface area contributed by atoms with Gasteiger partial charge in [-0.05, 0) is 22.4 Å². The number of rotatable bonds is 6. The first-order chi connectivity index (χ1) is 8.35. The predicted molar refractivity (Wildman–Crippen MR) is 74.7 cm³/mol. The Balaban J connectivity index is 2.80. The zero-order valence-corrected chi connectivity index (χ0v) is 12.7. The van der Waals surface area contributed by atoms with Crippen LogP contribution in [0.15, 0.2) is 15.5 Å². The maximum Gasteiger partial charge on any atom is 0.283 e. The zero-order valence-electron chi connectivity index (χ0n) is 10.3. The monoisotopic (exact) mass is 337 g/mol. The van der Waals surface area contributed by atoms with Gasteiger partial charge in [0.25, 0.3) is 5.56 Å². The second kappa shape index (κ2) is 6.33. The molecule has 0 aromatic carbocycles. The largest absolute Gasteiger partial charge is 0.382 e. The Morgan fingerprint density at radius 3 is 2.72 bits per heavy atom. The van der Waals surface area contributed by atoms with E-state index < -0.39 is 9.84 Å². The molecule has 0 saturated carbocycles. The van der Waals surface area contributed by atoms with Crippen LogP contribution in [0.2, 0.25) is 0 Å². The number of hydrogen-bond donors (Lipinski definition) is 1. The van der Waals surface area contributed by atoms with Crippen molar-refractivity contribution in [2.45, 2.75) is 19.9 Å². The average Bonchev–Trinajstić information content (AvgIpc) is 2.27. The molecule has 0 fully saturated rings. The highest BCUT2D eigenvalue weighted by atomic mass is 79.9. The molecule has 1 aromatic heterocycles. The van der Waals surface area contributed by atoms with E-state index in [0.717, 1.165) is 6.42 Å². The second-order valence-corrected chi connectivity index (χ2v) is 7.01. The minimum atomic E-state index is -3.02. The van der Waals surface area contributed by atoms with Gasteiger partial charge in [0, 0.05) is 19.3 Å². The van der Waals surface area contributed by atoms with Crippen LogP contribution in [-0.4, -0.2) is 36.8 Å². The molecule has 0 aliphatic carbocycles. The lowest BCUT2D eigenvalue weighted by atomic mass is 10.4. The lowest BCUT2D eigenvalue weighted by Crippen LogP contribution is -2.25. The summed E-state index contributed by atoms with van der Waals surface area (Å²) in [6.07, 6.45) is 3.50. The quantitative estimate of drug-likeness (QED) is 0.833. The van der Waals surface area contributed by atoms with Gasteiger partial charge in [0.1, 0.15) is 14.3 Å². The molecule has 0 aliphatic heterocycles. The van der Waals surface area contributed by atoms with Crippen LogP contribution in [0.25, 0.3) is 0 Å². The molecular formula is C10H16BrN3O3S. The number of nitrogens with one attached hydrogen (secondary N) is 1. The van der Waals surface area contributed by atoms with Crippen molar-refractivity contribution in [2.24, 2.45) is 0 Å². The molecule has 0 bridgehead atoms. The minimum Gasteiger partial charge on any atom is -0.382 e. The van der Waals surface area contributed by atoms with Crippen LogP contribution in [0, 0.1) is 0 Å². The zero-order chi connectivity index (χ0) is 13.8. The molecule has 0 radical (unpaired) electrons. The van der Waals surface area contributed by atoms with E-state index in [4.69, 9.17) is 0 Å². The number of nitrogens with zero attached hydrogens (tertiary/aromatic N) is 2. The lowest BCUT2D eigenvalue weighted by molar-refractivity contribution is 0.566. The fourth-order valence-electron chi connectivity index (χ4n) is 1.33. The maximum atomic E-state index is 11.8. The number of anilines is 1. The van der Waals surface area contributed by atoms with Gasteiger partial charge in [0.05, 0.1) is 17.6 Å². The van der Waals surface area contributed by atoms with Crippen molar-refractivity contribution < 1.29 is 8.42 Å². The summed E-state index contributed by atoms with van der Waals surface area (Å²) in [6.45, 7) is 2.76. The van der Waals surface area contributed by atoms with Crippen LogP contribution in [0.4, 0.5) is 5.69 Å². The molecule has 0 amide bonds. The van der Waals surface area contributed by atoms with Crippen molar-refractivity contribution in [1.82, 2.24) is 9.78 Å². The number of sulfone groups is 1. The van der Waals surface area contributed by atoms with Gasteiger partial charge < -0.3 is 5.32 Å². The van der Waals surface area contributed by atoms with Crippen molar-refractivity contribution in [1.29, 1.82) is 0 Å². The third-order valence-electron chi connectivity index (χ3n) is 2.21. The van der Waals surface area contributed by atoms with Crippen molar-refractivity contribution in [2.75, 3.05) is 23.9 Å². The van der Waals surface area contributed by atoms with Gasteiger partial charge in [-0.3, -0.25) is 4.79 Å². The van der Waals surface area contributed by atoms with Crippen LogP contribution < -0.4 is 10.9 Å². The fraction of sp³-hybridized carbons (Fsp3) is 0.600. The highest BCUT2D eigenvalue weighted by Gasteiger charge is 2.09. The Bertz CT molecular complexity index is 568. The number of aromatic nitrogens is 2. The number of halogens is 1. The Morgan fingerprint density at radius 2 is 2.17 bits per heavy atom. The highest BCUT2D eigenvalue weighted by molar-refractivity contribution is 9.10. The molecule has 8 heteroatoms. The summed E-state index contributed by atoms with van der Waals surface area (Å²) in [6, 6.07) is 0. The summed E-state index contributed by atoms with van der Waals surface area (Å²) < 4.78 is 23.7. The first-order valence-electron chi connectivity index (χ1n) is 5.52. The van der Waals surface area contributed by atoms with E-state index in [0.29, 0.717) is 16.7 Å². The molecule has 6 nitrogen and oxygen atoms in total. The van der Waals surface area contributed by atoms with Crippen molar-refractivity contribution in [3.63, 3.8) is 0 Å². The molecule has 0 saturated heterocycles. The highest BCUT2D eigenvalue weighted by Crippen LogP contribution is 2.15. The van der Waals surface area contributed by atoms with Crippen molar-refractivity contribution in [3.05, 3.63) is 21.0 Å². The molecule has 18 heavy (non-hydrogen) atoms. The standard InChI is InChI=1S/C10H16BrN3O3S/c1-3-5-14-10(15)9(11)8(7-13-14)12-4-6-18(2,16)17/h7,12H,3-6H2,1-2H3. The molecule has 0 unspecified atom stereocenters. The van der Waals surface area contributed by atoms with E-state index in [1.54, 1.807) is 0 Å². The van der Waals surface area contributed by atoms with Gasteiger partial charge in [-0.1, -0.05) is 6.92 Å². The Labute approximate surface area is 114 Å². The molecule has 1 rings (SSSR count). The van der Waals surface area contributed by atoms with Gasteiger partial charge in [0.15, 0.2) is 0 Å². The molecule has 0 atom stereocenters. The van der Waals surface area contributed by atoms with E-state index in [1.807, 2.05) is 6.92 Å². The van der Waals surface area contributed by atoms with E-state index in [9.17, 15) is 13.2 Å². The average molecular weight is 338 g/mol. The lowest BCUT2D eigenvalue weighted by Gasteiger charge is -2.09. The Hall–Kier alpha value is -0.890. The minimum absolute atomic E-state index is 0.0114. The molecule has 1 aromatic rings. The van der Waals surface area contributed by atoms with Gasteiger partial charge in [-0.15, -0.1) is 0 Å². The van der Waals surface area contributed by atoms with Crippen LogP contribution in [-0.2, 0) is 16.4 Å². The first-order valence-corrected chi connectivity index (χ1v) is 8.37. The second-order valence-electron chi connectivity index (χ2n) is 3.96. The maximum absolute atomic E-state index is 11.8. The number of hydrogen-bond acceptors (Lipinski definition) is 5. The first kappa shape index (κ1) is 15.2. The van der Waals surface area contributed by atoms with Crippen molar-refractivity contribution >= 4 is 31.5 Å². The molecule has 0 spiro atoms. The molecule has 102 valence electrons. The molecule has 1 N–H and O–H groups in total. The van der Waals surface area contributed by atoms with Crippen LogP contribution in [0.3, 0.4) is 0 Å². The van der Waals surface area contributed by atoms with Gasteiger partial charge in [-0.2, -0.15) is 5.10 Å². The van der Waals surface area contributed by atoms with Crippen LogP contribution in [0.1, 0.15) is 13.3 Å². The predicted octanol–water partition coefficient (Wildman–Crippen LogP) is 0.872. The van der Waals surface area contributed by atoms with Crippen molar-refractivity contribution in [3.8, 4) is 0 Å². The smallest absolute Gasteiger partial charge is 0.283 e. The molecule has 0 aliphatic rings. The third kappa shape index (κ3) is 4.41. The summed E-state index contributed by atoms with van der Waals surface area (Å²) in [4.78, 5) is 11.8. The summed E-state index contributed by atoms with van der Waals surface area (Å²) in [7, 11) is -3.02. The fourth-order valence-corrected chi connectivity index (χ4v) is 2.25. The van der Waals surface area contributed by atoms with E-state index in [-0.39, 0.29) is 17.9 Å². The summed E-state index contributed by atoms with van der Waals surface area (Å²) in [5, 5.41) is 6.88. The van der Waals surface area contributed by atoms with Gasteiger partial charge >= 0.3 is 0 Å². The SMILES string of the molecule is CCCn1ncc(NCCS(C)(=O)=O)c(Br)c1=O. The van der Waals surface area contributed by atoms with E-state index >= 15 is 0 Å². The van der Waals surface area contributed by atoms with E-state index in [1.165, 1.54) is 17.1 Å². The normalized spacial score (nSPS) is 11.5. The van der Waals surface area contributed by atoms with Crippen LogP contribution >= 0.6 is 15.9 Å². The Morgan fingerprint density at radius 1 is 1.50 bits per heavy atom. The van der Waals surface area contributed by atoms with E-state index in [2.05, 4.69) is 26.3 Å². The number of aryl methyl sites for hydroxylation is 1. The summed E-state index contributed by atoms with van der Waals surface area (Å²) in [5.41, 5.74) is 0.289. The third-order valence-corrected chi connectivity index (χ3v) is 3.92. The summed E-state index contributed by atoms with van der Waals surface area (Å²) >= 11 is 3.20. The van der Waals surface area contributed by atoms with Gasteiger partial charge in [0.2, 0.25) is 0 Å². The topological polar surface area (TPSA) is 81.1 Å². The molecule has 1 heterocycles. The van der Waals surface area contributed by atoms with Gasteiger partial charge in [-0.25, -0.2) is 13.1 Å². The molecular weight excluding hydrogens is 322 g/mol. The Kier molecular flexibility index (Phi) is 5.33. The van der Waals surface area contributed by atoms with Crippen LogP contribution in [0.5, 0.6) is 0 Å². The summed E-state index contributed by atoms with van der Waals surface area (Å²) in [5.74, 6) is 0.0114.